The molecule has 31 heavy (non-hydrogen) atoms. The molecule has 0 aliphatic carbocycles. The van der Waals surface area contributed by atoms with E-state index in [0.29, 0.717) is 16.7 Å². The van der Waals surface area contributed by atoms with Crippen LogP contribution in [0.2, 0.25) is 0 Å². The molecule has 7 heteroatoms. The van der Waals surface area contributed by atoms with Crippen molar-refractivity contribution in [1.82, 2.24) is 9.62 Å². The lowest BCUT2D eigenvalue weighted by atomic mass is 10.0. The van der Waals surface area contributed by atoms with Crippen molar-refractivity contribution in [3.05, 3.63) is 75.9 Å². The second-order valence-corrected chi connectivity index (χ2v) is 9.85. The van der Waals surface area contributed by atoms with Crippen LogP contribution < -0.4 is 5.32 Å². The minimum Gasteiger partial charge on any atom is -0.350 e. The van der Waals surface area contributed by atoms with Crippen LogP contribution in [-0.4, -0.2) is 30.6 Å². The smallest absolute Gasteiger partial charge is 0.268 e. The first kappa shape index (κ1) is 22.7. The van der Waals surface area contributed by atoms with Crippen LogP contribution >= 0.6 is 0 Å². The van der Waals surface area contributed by atoms with E-state index in [1.807, 2.05) is 33.8 Å². The summed E-state index contributed by atoms with van der Waals surface area (Å²) in [5.41, 5.74) is 3.88. The number of nitrogens with one attached hydrogen (secondary N) is 1. The zero-order valence-electron chi connectivity index (χ0n) is 18.5. The lowest BCUT2D eigenvalue weighted by Gasteiger charge is -2.17. The van der Waals surface area contributed by atoms with Gasteiger partial charge >= 0.3 is 0 Å². The van der Waals surface area contributed by atoms with Gasteiger partial charge < -0.3 is 5.32 Å². The third kappa shape index (κ3) is 4.42. The Bertz CT molecular complexity index is 1160. The summed E-state index contributed by atoms with van der Waals surface area (Å²) in [6.07, 6.45) is 0.827. The number of carbonyl (C=O) groups is 2. The number of hydrogen-bond donors (Lipinski definition) is 1. The lowest BCUT2D eigenvalue weighted by Crippen LogP contribution is -2.32. The van der Waals surface area contributed by atoms with E-state index in [-0.39, 0.29) is 29.0 Å². The normalized spacial score (nSPS) is 16.5. The number of hydrogen-bond acceptors (Lipinski definition) is 4. The summed E-state index contributed by atoms with van der Waals surface area (Å²) in [7, 11) is -3.97. The Hall–Kier alpha value is -2.93. The van der Waals surface area contributed by atoms with Gasteiger partial charge in [0, 0.05) is 17.2 Å². The van der Waals surface area contributed by atoms with Crippen molar-refractivity contribution in [2.75, 3.05) is 0 Å². The van der Waals surface area contributed by atoms with E-state index in [1.165, 1.54) is 0 Å². The van der Waals surface area contributed by atoms with E-state index in [1.54, 1.807) is 43.3 Å². The van der Waals surface area contributed by atoms with Crippen LogP contribution in [0.25, 0.3) is 4.91 Å². The van der Waals surface area contributed by atoms with Crippen molar-refractivity contribution in [2.45, 2.75) is 53.6 Å². The zero-order valence-corrected chi connectivity index (χ0v) is 19.3. The summed E-state index contributed by atoms with van der Waals surface area (Å²) in [5, 5.41) is 2.89. The maximum atomic E-state index is 13.2. The molecule has 2 amide bonds. The molecule has 0 unspecified atom stereocenters. The molecular weight excluding hydrogens is 412 g/mol. The van der Waals surface area contributed by atoms with Crippen LogP contribution in [0.5, 0.6) is 0 Å². The Labute approximate surface area is 184 Å². The Morgan fingerprint density at radius 1 is 1.03 bits per heavy atom. The van der Waals surface area contributed by atoms with E-state index in [0.717, 1.165) is 21.9 Å². The van der Waals surface area contributed by atoms with Crippen molar-refractivity contribution in [2.24, 2.45) is 0 Å². The van der Waals surface area contributed by atoms with E-state index in [2.05, 4.69) is 5.32 Å². The van der Waals surface area contributed by atoms with Crippen molar-refractivity contribution in [3.8, 4) is 0 Å². The van der Waals surface area contributed by atoms with Crippen molar-refractivity contribution < 1.29 is 18.0 Å². The number of nitrogens with zero attached hydrogens (tertiary/aromatic N) is 1. The number of amides is 2. The lowest BCUT2D eigenvalue weighted by molar-refractivity contribution is -0.122. The number of carbonyl (C=O) groups excluding carboxylic acids is 2. The molecule has 1 heterocycles. The second kappa shape index (κ2) is 8.67. The molecule has 3 rings (SSSR count). The van der Waals surface area contributed by atoms with Gasteiger partial charge in [-0.2, -0.15) is 0 Å². The zero-order chi connectivity index (χ0) is 22.9. The molecule has 2 aromatic rings. The number of sulfonamides is 1. The molecule has 0 fully saturated rings. The van der Waals surface area contributed by atoms with Crippen molar-refractivity contribution in [1.29, 1.82) is 0 Å². The number of rotatable bonds is 6. The average molecular weight is 441 g/mol. The molecule has 0 saturated heterocycles. The molecule has 2 aromatic carbocycles. The summed E-state index contributed by atoms with van der Waals surface area (Å²) in [4.78, 5) is 25.1. The molecule has 0 bridgehead atoms. The topological polar surface area (TPSA) is 83.6 Å². The Balaban J connectivity index is 1.84. The molecule has 1 aliphatic heterocycles. The predicted octanol–water partition coefficient (Wildman–Crippen LogP) is 3.93. The minimum absolute atomic E-state index is 0.0603. The molecule has 1 aliphatic rings. The summed E-state index contributed by atoms with van der Waals surface area (Å²) in [6, 6.07) is 12.1. The summed E-state index contributed by atoms with van der Waals surface area (Å²) in [5.74, 6) is -0.702. The van der Waals surface area contributed by atoms with E-state index >= 15 is 0 Å². The van der Waals surface area contributed by atoms with Crippen molar-refractivity contribution >= 4 is 26.7 Å². The van der Waals surface area contributed by atoms with Gasteiger partial charge in [0.05, 0.1) is 6.54 Å². The Morgan fingerprint density at radius 3 is 2.26 bits per heavy atom. The van der Waals surface area contributed by atoms with Gasteiger partial charge in [0.25, 0.3) is 21.8 Å². The summed E-state index contributed by atoms with van der Waals surface area (Å²) < 4.78 is 27.4. The first-order valence-corrected chi connectivity index (χ1v) is 11.8. The quantitative estimate of drug-likeness (QED) is 0.738. The Morgan fingerprint density at radius 2 is 1.68 bits per heavy atom. The molecule has 0 aromatic heterocycles. The van der Waals surface area contributed by atoms with Crippen LogP contribution in [0.1, 0.15) is 59.8 Å². The van der Waals surface area contributed by atoms with Gasteiger partial charge in [-0.05, 0) is 68.5 Å². The van der Waals surface area contributed by atoms with Gasteiger partial charge in [0.1, 0.15) is 4.91 Å². The van der Waals surface area contributed by atoms with Crippen molar-refractivity contribution in [3.63, 3.8) is 0 Å². The summed E-state index contributed by atoms with van der Waals surface area (Å²) in [6.45, 7) is 9.25. The van der Waals surface area contributed by atoms with E-state index in [9.17, 15) is 18.0 Å². The minimum atomic E-state index is -3.97. The Kier molecular flexibility index (Phi) is 6.36. The van der Waals surface area contributed by atoms with Gasteiger partial charge in [-0.3, -0.25) is 9.59 Å². The standard InChI is InChI=1S/C24H28N2O4S/c1-6-17(4)25-23(27)20-11-8-19(9-12-20)14-26-24(28)18(5)22(31(26,29)30)21-10-7-15(2)16(3)13-21/h7-13,17H,6,14H2,1-5H3,(H,25,27)/t17-/m1/s1. The highest BCUT2D eigenvalue weighted by Crippen LogP contribution is 2.37. The monoisotopic (exact) mass is 440 g/mol. The maximum Gasteiger partial charge on any atom is 0.268 e. The molecule has 0 spiro atoms. The fourth-order valence-corrected chi connectivity index (χ4v) is 5.23. The fourth-order valence-electron chi connectivity index (χ4n) is 3.44. The van der Waals surface area contributed by atoms with Crippen LogP contribution in [-0.2, 0) is 21.4 Å². The van der Waals surface area contributed by atoms with Gasteiger partial charge in [0.15, 0.2) is 0 Å². The number of benzene rings is 2. The molecule has 1 N–H and O–H groups in total. The largest absolute Gasteiger partial charge is 0.350 e. The molecule has 164 valence electrons. The molecule has 0 saturated carbocycles. The number of aryl methyl sites for hydroxylation is 2. The highest BCUT2D eigenvalue weighted by atomic mass is 32.2. The van der Waals surface area contributed by atoms with Gasteiger partial charge in [-0.1, -0.05) is 37.3 Å². The fraction of sp³-hybridized carbons (Fsp3) is 0.333. The second-order valence-electron chi connectivity index (χ2n) is 8.05. The van der Waals surface area contributed by atoms with Gasteiger partial charge in [-0.25, -0.2) is 12.7 Å². The average Bonchev–Trinajstić information content (AvgIpc) is 2.89. The van der Waals surface area contributed by atoms with Crippen LogP contribution in [0.4, 0.5) is 0 Å². The maximum absolute atomic E-state index is 13.2. The summed E-state index contributed by atoms with van der Waals surface area (Å²) >= 11 is 0. The van der Waals surface area contributed by atoms with Gasteiger partial charge in [0.2, 0.25) is 0 Å². The van der Waals surface area contributed by atoms with Crippen LogP contribution in [0.3, 0.4) is 0 Å². The van der Waals surface area contributed by atoms with Crippen LogP contribution in [0.15, 0.2) is 48.0 Å². The third-order valence-corrected chi connectivity index (χ3v) is 7.67. The SMILES string of the molecule is CC[C@@H](C)NC(=O)c1ccc(CN2C(=O)C(C)=C(c3ccc(C)c(C)c3)S2(=O)=O)cc1. The predicted molar refractivity (Wildman–Crippen MR) is 122 cm³/mol. The molecule has 6 nitrogen and oxygen atoms in total. The van der Waals surface area contributed by atoms with Gasteiger partial charge in [-0.15, -0.1) is 0 Å². The third-order valence-electron chi connectivity index (χ3n) is 5.74. The van der Waals surface area contributed by atoms with E-state index in [4.69, 9.17) is 0 Å². The highest BCUT2D eigenvalue weighted by molar-refractivity contribution is 7.99. The highest BCUT2D eigenvalue weighted by Gasteiger charge is 2.42. The van der Waals surface area contributed by atoms with Crippen LogP contribution in [0, 0.1) is 13.8 Å². The first-order chi connectivity index (χ1) is 14.6. The molecule has 0 radical (unpaired) electrons. The first-order valence-electron chi connectivity index (χ1n) is 10.3. The molecule has 1 atom stereocenters. The molecular formula is C24H28N2O4S. The van der Waals surface area contributed by atoms with E-state index < -0.39 is 15.9 Å².